The third kappa shape index (κ3) is 5.90. The van der Waals surface area contributed by atoms with Gasteiger partial charge in [-0.25, -0.2) is 8.42 Å². The molecule has 1 unspecified atom stereocenters. The van der Waals surface area contributed by atoms with E-state index in [1.807, 2.05) is 60.7 Å². The summed E-state index contributed by atoms with van der Waals surface area (Å²) in [6, 6.07) is 21.3. The van der Waals surface area contributed by atoms with Crippen LogP contribution in [0.2, 0.25) is 0 Å². The lowest BCUT2D eigenvalue weighted by molar-refractivity contribution is -0.139. The number of anilines is 1. The summed E-state index contributed by atoms with van der Waals surface area (Å²) in [5.74, 6) is -0.756. The Bertz CT molecular complexity index is 1220. The first-order valence-corrected chi connectivity index (χ1v) is 12.6. The fraction of sp³-hybridized carbons (Fsp3) is 0.280. The minimum Gasteiger partial charge on any atom is -0.355 e. The SMILES string of the molecule is CCNC(=O)C(C)N(Cc1ccccc1)C(=O)CN(c1cccc2ccccc12)S(C)(=O)=O. The third-order valence-corrected chi connectivity index (χ3v) is 6.56. The number of amides is 2. The van der Waals surface area contributed by atoms with Gasteiger partial charge >= 0.3 is 0 Å². The molecule has 0 bridgehead atoms. The second-order valence-electron chi connectivity index (χ2n) is 7.85. The predicted molar refractivity (Wildman–Crippen MR) is 131 cm³/mol. The highest BCUT2D eigenvalue weighted by atomic mass is 32.2. The minimum absolute atomic E-state index is 0.186. The molecule has 3 aromatic rings. The molecule has 0 radical (unpaired) electrons. The van der Waals surface area contributed by atoms with E-state index in [1.165, 1.54) is 4.90 Å². The first-order valence-electron chi connectivity index (χ1n) is 10.8. The van der Waals surface area contributed by atoms with Crippen LogP contribution in [0, 0.1) is 0 Å². The second-order valence-corrected chi connectivity index (χ2v) is 9.75. The second kappa shape index (κ2) is 10.5. The number of carbonyl (C=O) groups excluding carboxylic acids is 2. The van der Waals surface area contributed by atoms with Crippen molar-refractivity contribution in [1.29, 1.82) is 0 Å². The summed E-state index contributed by atoms with van der Waals surface area (Å²) in [5, 5.41) is 4.34. The van der Waals surface area contributed by atoms with Crippen LogP contribution >= 0.6 is 0 Å². The van der Waals surface area contributed by atoms with Gasteiger partial charge in [-0.15, -0.1) is 0 Å². The molecule has 0 aliphatic rings. The Hall–Kier alpha value is -3.39. The Kier molecular flexibility index (Phi) is 7.71. The molecule has 1 N–H and O–H groups in total. The van der Waals surface area contributed by atoms with Gasteiger partial charge in [0.25, 0.3) is 0 Å². The highest BCUT2D eigenvalue weighted by Gasteiger charge is 2.30. The Morgan fingerprint density at radius 2 is 1.58 bits per heavy atom. The molecule has 7 nitrogen and oxygen atoms in total. The van der Waals surface area contributed by atoms with Crippen molar-refractivity contribution in [2.45, 2.75) is 26.4 Å². The summed E-state index contributed by atoms with van der Waals surface area (Å²) in [6.07, 6.45) is 1.08. The lowest BCUT2D eigenvalue weighted by atomic mass is 10.1. The minimum atomic E-state index is -3.78. The first-order chi connectivity index (χ1) is 15.7. The maximum atomic E-state index is 13.5. The first kappa shape index (κ1) is 24.3. The summed E-state index contributed by atoms with van der Waals surface area (Å²) >= 11 is 0. The fourth-order valence-corrected chi connectivity index (χ4v) is 4.57. The van der Waals surface area contributed by atoms with Crippen molar-refractivity contribution in [3.8, 4) is 0 Å². The number of nitrogens with zero attached hydrogens (tertiary/aromatic N) is 2. The van der Waals surface area contributed by atoms with E-state index in [2.05, 4.69) is 5.32 Å². The van der Waals surface area contributed by atoms with Crippen molar-refractivity contribution < 1.29 is 18.0 Å². The molecule has 0 heterocycles. The van der Waals surface area contributed by atoms with Crippen LogP contribution in [0.15, 0.2) is 72.8 Å². The van der Waals surface area contributed by atoms with Gasteiger partial charge in [0.15, 0.2) is 0 Å². The van der Waals surface area contributed by atoms with Crippen LogP contribution in [0.25, 0.3) is 10.8 Å². The highest BCUT2D eigenvalue weighted by Crippen LogP contribution is 2.28. The molecule has 0 aliphatic heterocycles. The van der Waals surface area contributed by atoms with Crippen LogP contribution in [0.3, 0.4) is 0 Å². The number of rotatable bonds is 9. The summed E-state index contributed by atoms with van der Waals surface area (Å²) in [4.78, 5) is 27.5. The van der Waals surface area contributed by atoms with E-state index in [9.17, 15) is 18.0 Å². The van der Waals surface area contributed by atoms with E-state index < -0.39 is 28.5 Å². The highest BCUT2D eigenvalue weighted by molar-refractivity contribution is 7.92. The Morgan fingerprint density at radius 3 is 2.24 bits per heavy atom. The summed E-state index contributed by atoms with van der Waals surface area (Å²) in [5.41, 5.74) is 1.27. The normalized spacial score (nSPS) is 12.2. The van der Waals surface area contributed by atoms with E-state index >= 15 is 0 Å². The molecule has 0 fully saturated rings. The number of sulfonamides is 1. The Morgan fingerprint density at radius 1 is 0.939 bits per heavy atom. The molecular weight excluding hydrogens is 438 g/mol. The number of carbonyl (C=O) groups is 2. The number of nitrogens with one attached hydrogen (secondary N) is 1. The average Bonchev–Trinajstić information content (AvgIpc) is 2.80. The van der Waals surface area contributed by atoms with Gasteiger partial charge in [0.2, 0.25) is 21.8 Å². The van der Waals surface area contributed by atoms with E-state index in [-0.39, 0.29) is 12.5 Å². The summed E-state index contributed by atoms with van der Waals surface area (Å²) < 4.78 is 26.7. The predicted octanol–water partition coefficient (Wildman–Crippen LogP) is 3.16. The van der Waals surface area contributed by atoms with E-state index in [0.29, 0.717) is 12.2 Å². The van der Waals surface area contributed by atoms with Crippen molar-refractivity contribution in [3.63, 3.8) is 0 Å². The molecule has 3 rings (SSSR count). The van der Waals surface area contributed by atoms with Crippen molar-refractivity contribution in [1.82, 2.24) is 10.2 Å². The van der Waals surface area contributed by atoms with Crippen LogP contribution in [-0.2, 0) is 26.2 Å². The molecule has 0 spiro atoms. The van der Waals surface area contributed by atoms with E-state index in [0.717, 1.165) is 26.9 Å². The lowest BCUT2D eigenvalue weighted by Crippen LogP contribution is -2.51. The molecule has 1 atom stereocenters. The maximum absolute atomic E-state index is 13.5. The summed E-state index contributed by atoms with van der Waals surface area (Å²) in [7, 11) is -3.78. The van der Waals surface area contributed by atoms with E-state index in [4.69, 9.17) is 0 Å². The number of benzene rings is 3. The van der Waals surface area contributed by atoms with Gasteiger partial charge in [-0.1, -0.05) is 66.7 Å². The monoisotopic (exact) mass is 467 g/mol. The van der Waals surface area contributed by atoms with Crippen LogP contribution in [0.4, 0.5) is 5.69 Å². The zero-order chi connectivity index (χ0) is 24.0. The molecule has 0 aromatic heterocycles. The van der Waals surface area contributed by atoms with Crippen molar-refractivity contribution in [3.05, 3.63) is 78.4 Å². The molecule has 3 aromatic carbocycles. The van der Waals surface area contributed by atoms with Crippen molar-refractivity contribution >= 4 is 38.3 Å². The third-order valence-electron chi connectivity index (χ3n) is 5.43. The largest absolute Gasteiger partial charge is 0.355 e. The summed E-state index contributed by atoms with van der Waals surface area (Å²) in [6.45, 7) is 3.66. The zero-order valence-electron chi connectivity index (χ0n) is 19.1. The average molecular weight is 468 g/mol. The number of hydrogen-bond donors (Lipinski definition) is 1. The quantitative estimate of drug-likeness (QED) is 0.524. The Balaban J connectivity index is 1.98. The lowest BCUT2D eigenvalue weighted by Gasteiger charge is -2.31. The van der Waals surface area contributed by atoms with Gasteiger partial charge in [0.1, 0.15) is 12.6 Å². The smallest absolute Gasteiger partial charge is 0.244 e. The van der Waals surface area contributed by atoms with Gasteiger partial charge in [-0.3, -0.25) is 13.9 Å². The van der Waals surface area contributed by atoms with Crippen molar-refractivity contribution in [2.75, 3.05) is 23.7 Å². The van der Waals surface area contributed by atoms with Crippen LogP contribution < -0.4 is 9.62 Å². The number of likely N-dealkylation sites (N-methyl/N-ethyl adjacent to an activating group) is 1. The van der Waals surface area contributed by atoms with Gasteiger partial charge in [0.05, 0.1) is 11.9 Å². The zero-order valence-corrected chi connectivity index (χ0v) is 19.9. The Labute approximate surface area is 195 Å². The van der Waals surface area contributed by atoms with Gasteiger partial charge < -0.3 is 10.2 Å². The topological polar surface area (TPSA) is 86.8 Å². The fourth-order valence-electron chi connectivity index (χ4n) is 3.71. The number of hydrogen-bond acceptors (Lipinski definition) is 4. The molecule has 0 saturated carbocycles. The molecule has 174 valence electrons. The number of fused-ring (bicyclic) bond motifs is 1. The molecule has 33 heavy (non-hydrogen) atoms. The van der Waals surface area contributed by atoms with Gasteiger partial charge in [0, 0.05) is 18.5 Å². The van der Waals surface area contributed by atoms with Gasteiger partial charge in [-0.05, 0) is 30.9 Å². The molecular formula is C25H29N3O4S. The molecule has 2 amide bonds. The molecule has 8 heteroatoms. The van der Waals surface area contributed by atoms with Crippen LogP contribution in [-0.4, -0.2) is 50.5 Å². The van der Waals surface area contributed by atoms with Crippen LogP contribution in [0.5, 0.6) is 0 Å². The molecule has 0 saturated heterocycles. The molecule has 0 aliphatic carbocycles. The van der Waals surface area contributed by atoms with E-state index in [1.54, 1.807) is 26.0 Å². The maximum Gasteiger partial charge on any atom is 0.244 e. The van der Waals surface area contributed by atoms with Crippen LogP contribution in [0.1, 0.15) is 19.4 Å². The van der Waals surface area contributed by atoms with Crippen molar-refractivity contribution in [2.24, 2.45) is 0 Å². The van der Waals surface area contributed by atoms with Gasteiger partial charge in [-0.2, -0.15) is 0 Å². The standard InChI is InChI=1S/C25H29N3O4S/c1-4-26-25(30)19(2)27(17-20-11-6-5-7-12-20)24(29)18-28(33(3,31)32)23-16-10-14-21-13-8-9-15-22(21)23/h5-16,19H,4,17-18H2,1-3H3,(H,26,30).